The van der Waals surface area contributed by atoms with Gasteiger partial charge in [-0.1, -0.05) is 75.2 Å². The molecule has 0 aliphatic heterocycles. The third kappa shape index (κ3) is 7.95. The molecule has 0 heterocycles. The lowest BCUT2D eigenvalue weighted by Gasteiger charge is -2.17. The highest BCUT2D eigenvalue weighted by atomic mass is 32.2. The van der Waals surface area contributed by atoms with Crippen molar-refractivity contribution in [1.29, 1.82) is 0 Å². The second kappa shape index (κ2) is 11.8. The van der Waals surface area contributed by atoms with Crippen LogP contribution in [0.1, 0.15) is 57.4 Å². The molecule has 1 aromatic carbocycles. The summed E-state index contributed by atoms with van der Waals surface area (Å²) < 4.78 is 26.4. The fraction of sp³-hybridized carbons (Fsp3) is 0.684. The Hall–Kier alpha value is -0.653. The number of hydrogen-bond acceptors (Lipinski definition) is 2. The van der Waals surface area contributed by atoms with Crippen LogP contribution in [-0.4, -0.2) is 35.8 Å². The largest absolute Gasteiger partial charge is 0.242 e. The molecule has 0 aromatic heterocycles. The zero-order chi connectivity index (χ0) is 17.8. The number of nitrogens with zero attached hydrogens (tertiary/aromatic N) is 1. The summed E-state index contributed by atoms with van der Waals surface area (Å²) in [6.45, 7) is 4.82. The summed E-state index contributed by atoms with van der Waals surface area (Å²) in [5.74, 6) is 0. The first-order valence-electron chi connectivity index (χ1n) is 9.22. The summed E-state index contributed by atoms with van der Waals surface area (Å²) in [6.07, 6.45) is 9.06. The molecule has 0 atom stereocenters. The third-order valence-electron chi connectivity index (χ3n) is 4.26. The van der Waals surface area contributed by atoms with Gasteiger partial charge in [0.15, 0.2) is 0 Å². The minimum Gasteiger partial charge on any atom is -0.207 e. The number of hydrogen-bond donors (Lipinski definition) is 0. The molecule has 0 spiro atoms. The molecule has 0 unspecified atom stereocenters. The van der Waals surface area contributed by atoms with E-state index < -0.39 is 10.0 Å². The van der Waals surface area contributed by atoms with E-state index in [2.05, 4.69) is 6.92 Å². The Morgan fingerprint density at radius 2 is 1.50 bits per heavy atom. The van der Waals surface area contributed by atoms with Gasteiger partial charge in [-0.05, 0) is 25.5 Å². The zero-order valence-electron chi connectivity index (χ0n) is 15.6. The SMILES string of the molecule is CCCCCCCC[Si]CCCN(C)S(=O)(=O)c1ccc(C)cc1. The van der Waals surface area contributed by atoms with Crippen LogP contribution in [0.2, 0.25) is 12.1 Å². The van der Waals surface area contributed by atoms with Gasteiger partial charge in [0.05, 0.1) is 4.90 Å². The van der Waals surface area contributed by atoms with Crippen molar-refractivity contribution in [1.82, 2.24) is 4.31 Å². The van der Waals surface area contributed by atoms with Gasteiger partial charge in [-0.3, -0.25) is 0 Å². The van der Waals surface area contributed by atoms with Crippen LogP contribution in [0.25, 0.3) is 0 Å². The first-order chi connectivity index (χ1) is 11.5. The molecule has 0 aliphatic carbocycles. The van der Waals surface area contributed by atoms with Gasteiger partial charge in [0, 0.05) is 23.1 Å². The summed E-state index contributed by atoms with van der Waals surface area (Å²) >= 11 is 0. The Labute approximate surface area is 151 Å². The predicted octanol–water partition coefficient (Wildman–Crippen LogP) is 4.91. The van der Waals surface area contributed by atoms with Gasteiger partial charge in [-0.2, -0.15) is 0 Å². The number of unbranched alkanes of at least 4 members (excludes halogenated alkanes) is 5. The summed E-state index contributed by atoms with van der Waals surface area (Å²) in [5.41, 5.74) is 1.08. The highest BCUT2D eigenvalue weighted by molar-refractivity contribution is 7.89. The van der Waals surface area contributed by atoms with Crippen molar-refractivity contribution in [3.63, 3.8) is 0 Å². The average Bonchev–Trinajstić information content (AvgIpc) is 2.56. The van der Waals surface area contributed by atoms with Crippen LogP contribution in [0, 0.1) is 6.92 Å². The van der Waals surface area contributed by atoms with Gasteiger partial charge >= 0.3 is 0 Å². The molecule has 0 saturated heterocycles. The molecule has 0 N–H and O–H groups in total. The van der Waals surface area contributed by atoms with E-state index in [4.69, 9.17) is 0 Å². The standard InChI is InChI=1S/C19H33NO2SSi/c1-4-5-6-7-8-9-16-24-17-10-15-20(3)23(21,22)19-13-11-18(2)12-14-19/h11-14H,4-10,15-17H2,1-3H3. The van der Waals surface area contributed by atoms with Crippen LogP contribution in [0.4, 0.5) is 0 Å². The van der Waals surface area contributed by atoms with E-state index in [1.165, 1.54) is 48.9 Å². The predicted molar refractivity (Wildman–Crippen MR) is 104 cm³/mol. The van der Waals surface area contributed by atoms with E-state index in [1.54, 1.807) is 19.2 Å². The molecule has 0 saturated carbocycles. The lowest BCUT2D eigenvalue weighted by atomic mass is 10.1. The molecule has 5 heteroatoms. The van der Waals surface area contributed by atoms with Gasteiger partial charge in [0.25, 0.3) is 0 Å². The van der Waals surface area contributed by atoms with E-state index in [-0.39, 0.29) is 0 Å². The van der Waals surface area contributed by atoms with Crippen molar-refractivity contribution in [3.8, 4) is 0 Å². The molecule has 24 heavy (non-hydrogen) atoms. The minimum atomic E-state index is -3.33. The molecule has 3 nitrogen and oxygen atoms in total. The van der Waals surface area contributed by atoms with Crippen molar-refractivity contribution in [3.05, 3.63) is 29.8 Å². The first-order valence-corrected chi connectivity index (χ1v) is 12.1. The topological polar surface area (TPSA) is 37.4 Å². The first kappa shape index (κ1) is 21.4. The lowest BCUT2D eigenvalue weighted by Crippen LogP contribution is -2.28. The highest BCUT2D eigenvalue weighted by Crippen LogP contribution is 2.15. The third-order valence-corrected chi connectivity index (χ3v) is 7.55. The maximum Gasteiger partial charge on any atom is 0.242 e. The second-order valence-electron chi connectivity index (χ2n) is 6.51. The van der Waals surface area contributed by atoms with E-state index in [9.17, 15) is 8.42 Å². The van der Waals surface area contributed by atoms with Gasteiger partial charge in [-0.15, -0.1) is 0 Å². The molecule has 0 fully saturated rings. The number of benzene rings is 1. The number of sulfonamides is 1. The maximum absolute atomic E-state index is 12.5. The van der Waals surface area contributed by atoms with E-state index in [0.29, 0.717) is 11.4 Å². The Kier molecular flexibility index (Phi) is 10.5. The van der Waals surface area contributed by atoms with E-state index >= 15 is 0 Å². The van der Waals surface area contributed by atoms with Crippen LogP contribution >= 0.6 is 0 Å². The molecular weight excluding hydrogens is 334 g/mol. The number of rotatable bonds is 13. The smallest absolute Gasteiger partial charge is 0.207 e. The second-order valence-corrected chi connectivity index (χ2v) is 10.1. The Morgan fingerprint density at radius 3 is 2.17 bits per heavy atom. The molecule has 1 aromatic rings. The van der Waals surface area contributed by atoms with Crippen molar-refractivity contribution in [2.45, 2.75) is 75.8 Å². The van der Waals surface area contributed by atoms with Gasteiger partial charge in [-0.25, -0.2) is 12.7 Å². The summed E-state index contributed by atoms with van der Waals surface area (Å²) in [4.78, 5) is 0.394. The van der Waals surface area contributed by atoms with Crippen molar-refractivity contribution in [2.75, 3.05) is 13.6 Å². The average molecular weight is 368 g/mol. The summed E-state index contributed by atoms with van der Waals surface area (Å²) in [7, 11) is -0.672. The summed E-state index contributed by atoms with van der Waals surface area (Å²) in [5, 5.41) is 0. The monoisotopic (exact) mass is 367 g/mol. The van der Waals surface area contributed by atoms with Crippen LogP contribution < -0.4 is 0 Å². The minimum absolute atomic E-state index is 0.394. The van der Waals surface area contributed by atoms with Gasteiger partial charge in [0.1, 0.15) is 0 Å². The molecule has 2 radical (unpaired) electrons. The molecular formula is C19H33NO2SSi. The van der Waals surface area contributed by atoms with Gasteiger partial charge < -0.3 is 0 Å². The van der Waals surface area contributed by atoms with Crippen molar-refractivity contribution in [2.24, 2.45) is 0 Å². The van der Waals surface area contributed by atoms with Crippen LogP contribution in [0.5, 0.6) is 0 Å². The van der Waals surface area contributed by atoms with E-state index in [0.717, 1.165) is 27.5 Å². The zero-order valence-corrected chi connectivity index (χ0v) is 17.4. The Morgan fingerprint density at radius 1 is 0.917 bits per heavy atom. The molecule has 0 bridgehead atoms. The molecule has 0 amide bonds. The maximum atomic E-state index is 12.5. The highest BCUT2D eigenvalue weighted by Gasteiger charge is 2.19. The Bertz CT molecular complexity index is 543. The quantitative estimate of drug-likeness (QED) is 0.367. The van der Waals surface area contributed by atoms with Crippen molar-refractivity contribution < 1.29 is 8.42 Å². The van der Waals surface area contributed by atoms with E-state index in [1.807, 2.05) is 19.1 Å². The lowest BCUT2D eigenvalue weighted by molar-refractivity contribution is 0.468. The molecule has 136 valence electrons. The van der Waals surface area contributed by atoms with Crippen LogP contribution in [0.3, 0.4) is 0 Å². The number of aryl methyl sites for hydroxylation is 1. The molecule has 0 aliphatic rings. The summed E-state index contributed by atoms with van der Waals surface area (Å²) in [6, 6.07) is 9.54. The van der Waals surface area contributed by atoms with Crippen molar-refractivity contribution >= 4 is 19.5 Å². The van der Waals surface area contributed by atoms with Crippen LogP contribution in [-0.2, 0) is 10.0 Å². The fourth-order valence-electron chi connectivity index (χ4n) is 2.59. The van der Waals surface area contributed by atoms with Gasteiger partial charge in [0.2, 0.25) is 10.0 Å². The fourth-order valence-corrected chi connectivity index (χ4v) is 4.96. The molecule has 1 rings (SSSR count). The Balaban J connectivity index is 2.17. The van der Waals surface area contributed by atoms with Crippen LogP contribution in [0.15, 0.2) is 29.2 Å². The normalized spacial score (nSPS) is 12.0.